The topological polar surface area (TPSA) is 69.7 Å². The Balaban J connectivity index is 2.59. The van der Waals surface area contributed by atoms with E-state index in [9.17, 15) is 14.4 Å². The van der Waals surface area contributed by atoms with Crippen LogP contribution in [0.1, 0.15) is 12.0 Å². The molecule has 1 aromatic rings. The van der Waals surface area contributed by atoms with Crippen LogP contribution in [-0.2, 0) is 25.5 Å². The number of ether oxygens (including phenoxy) is 2. The molecule has 1 aromatic carbocycles. The first-order valence-electron chi connectivity index (χ1n) is 5.32. The van der Waals surface area contributed by atoms with Crippen molar-refractivity contribution in [3.63, 3.8) is 0 Å². The van der Waals surface area contributed by atoms with Crippen molar-refractivity contribution < 1.29 is 23.9 Å². The minimum atomic E-state index is -0.992. The van der Waals surface area contributed by atoms with E-state index in [-0.39, 0.29) is 12.2 Å². The number of hydrogen-bond donors (Lipinski definition) is 0. The minimum absolute atomic E-state index is 0.0833. The summed E-state index contributed by atoms with van der Waals surface area (Å²) in [6.07, 6.45) is -0.357. The van der Waals surface area contributed by atoms with Crippen LogP contribution in [0.5, 0.6) is 5.75 Å². The molecule has 18 heavy (non-hydrogen) atoms. The lowest BCUT2D eigenvalue weighted by Crippen LogP contribution is -2.20. The highest BCUT2D eigenvalue weighted by atomic mass is 16.5. The SMILES string of the molecule is COC(=O)C(=O)CC(=O)Cc1cccc(OC)c1. The van der Waals surface area contributed by atoms with E-state index in [1.807, 2.05) is 0 Å². The molecule has 0 amide bonds. The molecular formula is C13H14O5. The van der Waals surface area contributed by atoms with Gasteiger partial charge in [-0.3, -0.25) is 9.59 Å². The fourth-order valence-electron chi connectivity index (χ4n) is 1.44. The molecule has 0 aliphatic rings. The van der Waals surface area contributed by atoms with Gasteiger partial charge in [-0.05, 0) is 17.7 Å². The molecular weight excluding hydrogens is 236 g/mol. The monoisotopic (exact) mass is 250 g/mol. The number of carbonyl (C=O) groups excluding carboxylic acids is 3. The maximum Gasteiger partial charge on any atom is 0.374 e. The van der Waals surface area contributed by atoms with Crippen LogP contribution in [-0.4, -0.2) is 31.8 Å². The quantitative estimate of drug-likeness (QED) is 0.427. The summed E-state index contributed by atoms with van der Waals surface area (Å²) in [4.78, 5) is 33.6. The van der Waals surface area contributed by atoms with E-state index in [0.29, 0.717) is 5.75 Å². The average Bonchev–Trinajstić information content (AvgIpc) is 2.37. The highest BCUT2D eigenvalue weighted by Crippen LogP contribution is 2.13. The Morgan fingerprint density at radius 1 is 1.17 bits per heavy atom. The number of hydrogen-bond acceptors (Lipinski definition) is 5. The van der Waals surface area contributed by atoms with E-state index in [0.717, 1.165) is 12.7 Å². The summed E-state index contributed by atoms with van der Waals surface area (Å²) in [5.74, 6) is -1.52. The van der Waals surface area contributed by atoms with Crippen LogP contribution in [0.4, 0.5) is 0 Å². The summed E-state index contributed by atoms with van der Waals surface area (Å²) >= 11 is 0. The van der Waals surface area contributed by atoms with Crippen LogP contribution in [0.3, 0.4) is 0 Å². The zero-order chi connectivity index (χ0) is 13.5. The number of esters is 1. The van der Waals surface area contributed by atoms with Gasteiger partial charge in [-0.2, -0.15) is 0 Å². The Kier molecular flexibility index (Phi) is 5.05. The van der Waals surface area contributed by atoms with E-state index in [1.54, 1.807) is 24.3 Å². The van der Waals surface area contributed by atoms with Gasteiger partial charge in [0.2, 0.25) is 5.78 Å². The molecule has 0 saturated heterocycles. The zero-order valence-corrected chi connectivity index (χ0v) is 10.3. The lowest BCUT2D eigenvalue weighted by atomic mass is 10.1. The van der Waals surface area contributed by atoms with Gasteiger partial charge in [0.05, 0.1) is 20.6 Å². The van der Waals surface area contributed by atoms with Gasteiger partial charge >= 0.3 is 5.97 Å². The molecule has 0 bridgehead atoms. The van der Waals surface area contributed by atoms with Gasteiger partial charge in [-0.1, -0.05) is 12.1 Å². The number of Topliss-reactive ketones (excluding diaryl/α,β-unsaturated/α-hetero) is 2. The lowest BCUT2D eigenvalue weighted by Gasteiger charge is -2.03. The van der Waals surface area contributed by atoms with Gasteiger partial charge in [0.25, 0.3) is 0 Å². The lowest BCUT2D eigenvalue weighted by molar-refractivity contribution is -0.152. The van der Waals surface area contributed by atoms with E-state index < -0.39 is 18.2 Å². The Bertz CT molecular complexity index is 464. The molecule has 5 nitrogen and oxygen atoms in total. The largest absolute Gasteiger partial charge is 0.497 e. The van der Waals surface area contributed by atoms with Crippen LogP contribution in [0, 0.1) is 0 Å². The molecule has 0 N–H and O–H groups in total. The third-order valence-corrected chi connectivity index (χ3v) is 2.31. The highest BCUT2D eigenvalue weighted by molar-refractivity contribution is 6.37. The summed E-state index contributed by atoms with van der Waals surface area (Å²) in [5.41, 5.74) is 0.733. The van der Waals surface area contributed by atoms with E-state index >= 15 is 0 Å². The summed E-state index contributed by atoms with van der Waals surface area (Å²) in [6, 6.07) is 6.97. The van der Waals surface area contributed by atoms with Crippen LogP contribution in [0.25, 0.3) is 0 Å². The molecule has 0 spiro atoms. The molecule has 1 rings (SSSR count). The smallest absolute Gasteiger partial charge is 0.374 e. The minimum Gasteiger partial charge on any atom is -0.497 e. The maximum absolute atomic E-state index is 11.6. The van der Waals surface area contributed by atoms with Crippen molar-refractivity contribution in [2.24, 2.45) is 0 Å². The second-order valence-corrected chi connectivity index (χ2v) is 3.66. The van der Waals surface area contributed by atoms with E-state index in [2.05, 4.69) is 4.74 Å². The zero-order valence-electron chi connectivity index (χ0n) is 10.3. The average molecular weight is 250 g/mol. The molecule has 0 aliphatic heterocycles. The molecule has 0 fully saturated rings. The summed E-state index contributed by atoms with van der Waals surface area (Å²) < 4.78 is 9.26. The first-order chi connectivity index (χ1) is 8.56. The Morgan fingerprint density at radius 2 is 1.89 bits per heavy atom. The van der Waals surface area contributed by atoms with Crippen LogP contribution < -0.4 is 4.74 Å². The number of carbonyl (C=O) groups is 3. The second-order valence-electron chi connectivity index (χ2n) is 3.66. The van der Waals surface area contributed by atoms with Gasteiger partial charge in [0.15, 0.2) is 0 Å². The van der Waals surface area contributed by atoms with Gasteiger partial charge in [0, 0.05) is 6.42 Å². The highest BCUT2D eigenvalue weighted by Gasteiger charge is 2.18. The molecule has 0 radical (unpaired) electrons. The maximum atomic E-state index is 11.6. The van der Waals surface area contributed by atoms with Crippen LogP contribution in [0.2, 0.25) is 0 Å². The number of benzene rings is 1. The molecule has 0 aromatic heterocycles. The van der Waals surface area contributed by atoms with Crippen molar-refractivity contribution in [2.75, 3.05) is 14.2 Å². The van der Waals surface area contributed by atoms with Crippen molar-refractivity contribution in [1.29, 1.82) is 0 Å². The molecule has 0 unspecified atom stereocenters. The molecule has 5 heteroatoms. The molecule has 0 saturated carbocycles. The Labute approximate surface area is 105 Å². The summed E-state index contributed by atoms with van der Waals surface area (Å²) in [6.45, 7) is 0. The third kappa shape index (κ3) is 4.01. The van der Waals surface area contributed by atoms with Gasteiger partial charge in [-0.25, -0.2) is 4.79 Å². The Hall–Kier alpha value is -2.17. The fourth-order valence-corrected chi connectivity index (χ4v) is 1.44. The van der Waals surface area contributed by atoms with Gasteiger partial charge in [0.1, 0.15) is 11.5 Å². The van der Waals surface area contributed by atoms with Crippen LogP contribution >= 0.6 is 0 Å². The van der Waals surface area contributed by atoms with Crippen molar-refractivity contribution in [3.05, 3.63) is 29.8 Å². The number of ketones is 2. The van der Waals surface area contributed by atoms with E-state index in [4.69, 9.17) is 4.74 Å². The van der Waals surface area contributed by atoms with Crippen molar-refractivity contribution in [2.45, 2.75) is 12.8 Å². The fraction of sp³-hybridized carbons (Fsp3) is 0.308. The third-order valence-electron chi connectivity index (χ3n) is 2.31. The number of rotatable bonds is 6. The van der Waals surface area contributed by atoms with Gasteiger partial charge < -0.3 is 9.47 Å². The normalized spacial score (nSPS) is 9.67. The molecule has 0 heterocycles. The van der Waals surface area contributed by atoms with Crippen LogP contribution in [0.15, 0.2) is 24.3 Å². The van der Waals surface area contributed by atoms with E-state index in [1.165, 1.54) is 7.11 Å². The molecule has 0 atom stereocenters. The predicted octanol–water partition coefficient (Wildman–Crippen LogP) is 0.939. The second kappa shape index (κ2) is 6.54. The van der Waals surface area contributed by atoms with Gasteiger partial charge in [-0.15, -0.1) is 0 Å². The predicted molar refractivity (Wildman–Crippen MR) is 63.3 cm³/mol. The van der Waals surface area contributed by atoms with Crippen molar-refractivity contribution >= 4 is 17.5 Å². The molecule has 0 aliphatic carbocycles. The van der Waals surface area contributed by atoms with Crippen molar-refractivity contribution in [1.82, 2.24) is 0 Å². The summed E-state index contributed by atoms with van der Waals surface area (Å²) in [7, 11) is 2.63. The standard InChI is InChI=1S/C13H14O5/c1-17-11-5-3-4-9(7-11)6-10(14)8-12(15)13(16)18-2/h3-5,7H,6,8H2,1-2H3. The summed E-state index contributed by atoms with van der Waals surface area (Å²) in [5, 5.41) is 0. The Morgan fingerprint density at radius 3 is 2.50 bits per heavy atom. The first-order valence-corrected chi connectivity index (χ1v) is 5.32. The number of methoxy groups -OCH3 is 2. The molecule has 96 valence electrons. The van der Waals surface area contributed by atoms with Crippen molar-refractivity contribution in [3.8, 4) is 5.75 Å². The first kappa shape index (κ1) is 13.9.